The van der Waals surface area contributed by atoms with Gasteiger partial charge in [0.25, 0.3) is 5.79 Å². The first-order chi connectivity index (χ1) is 11.3. The molecule has 0 aromatic carbocycles. The maximum absolute atomic E-state index is 13.8. The zero-order valence-corrected chi connectivity index (χ0v) is 15.0. The molecule has 0 radical (unpaired) electrons. The monoisotopic (exact) mass is 384 g/mol. The Hall–Kier alpha value is -0.590. The molecule has 0 N–H and O–H groups in total. The first-order valence-electron chi connectivity index (χ1n) is 7.62. The van der Waals surface area contributed by atoms with Crippen LogP contribution < -0.4 is 0 Å². The Kier molecular flexibility index (Phi) is 9.16. The Morgan fingerprint density at radius 1 is 0.920 bits per heavy atom. The number of rotatable bonds is 12. The molecule has 2 atom stereocenters. The van der Waals surface area contributed by atoms with Crippen LogP contribution in [0.25, 0.3) is 0 Å². The molecule has 0 fully saturated rings. The maximum atomic E-state index is 13.8. The lowest BCUT2D eigenvalue weighted by Gasteiger charge is -2.46. The quantitative estimate of drug-likeness (QED) is 0.375. The minimum Gasteiger partial charge on any atom is -0.327 e. The normalized spacial score (nSPS) is 18.2. The summed E-state index contributed by atoms with van der Waals surface area (Å²) in [5, 5.41) is 0. The standard InChI is InChI=1S/C14H25F5O6/c1-7-9-22-12(20-6,23-10(3)4)11(5,24-13(15,16)17)25-14(18,19)21-8-2/h10H,7-9H2,1-6H3. The Morgan fingerprint density at radius 2 is 1.48 bits per heavy atom. The fraction of sp³-hybridized carbons (Fsp3) is 1.00. The third-order valence-electron chi connectivity index (χ3n) is 2.65. The molecule has 0 spiro atoms. The molecule has 2 unspecified atom stereocenters. The molecule has 0 aliphatic carbocycles. The average molecular weight is 384 g/mol. The van der Waals surface area contributed by atoms with Crippen LogP contribution in [0, 0.1) is 0 Å². The predicted octanol–water partition coefficient (Wildman–Crippen LogP) is 3.99. The van der Waals surface area contributed by atoms with E-state index in [-0.39, 0.29) is 6.61 Å². The van der Waals surface area contributed by atoms with Crippen molar-refractivity contribution < 1.29 is 50.4 Å². The third kappa shape index (κ3) is 7.67. The number of methoxy groups -OCH3 is 1. The van der Waals surface area contributed by atoms with Crippen molar-refractivity contribution >= 4 is 0 Å². The van der Waals surface area contributed by atoms with Crippen molar-refractivity contribution in [2.45, 2.75) is 71.6 Å². The summed E-state index contributed by atoms with van der Waals surface area (Å²) in [7, 11) is 0.915. The van der Waals surface area contributed by atoms with E-state index in [0.717, 1.165) is 7.11 Å². The molecule has 0 saturated carbocycles. The summed E-state index contributed by atoms with van der Waals surface area (Å²) in [6, 6.07) is 0. The van der Waals surface area contributed by atoms with Gasteiger partial charge in [0.15, 0.2) is 0 Å². The van der Waals surface area contributed by atoms with Gasteiger partial charge in [0.05, 0.1) is 19.3 Å². The Labute approximate surface area is 143 Å². The second-order valence-electron chi connectivity index (χ2n) is 5.27. The summed E-state index contributed by atoms with van der Waals surface area (Å²) >= 11 is 0. The molecule has 11 heteroatoms. The van der Waals surface area contributed by atoms with E-state index in [1.807, 2.05) is 0 Å². The molecule has 0 aromatic heterocycles. The van der Waals surface area contributed by atoms with Crippen molar-refractivity contribution in [1.29, 1.82) is 0 Å². The van der Waals surface area contributed by atoms with E-state index in [0.29, 0.717) is 13.3 Å². The van der Waals surface area contributed by atoms with Crippen LogP contribution in [-0.4, -0.2) is 50.8 Å². The number of hydrogen-bond donors (Lipinski definition) is 0. The Balaban J connectivity index is 6.04. The van der Waals surface area contributed by atoms with Crippen LogP contribution in [0.3, 0.4) is 0 Å². The second kappa shape index (κ2) is 9.38. The summed E-state index contributed by atoms with van der Waals surface area (Å²) < 4.78 is 93.6. The largest absolute Gasteiger partial charge is 0.525 e. The highest BCUT2D eigenvalue weighted by molar-refractivity contribution is 4.80. The number of ether oxygens (including phenoxy) is 6. The summed E-state index contributed by atoms with van der Waals surface area (Å²) in [6.07, 6.45) is -10.2. The van der Waals surface area contributed by atoms with Crippen LogP contribution >= 0.6 is 0 Å². The van der Waals surface area contributed by atoms with Crippen molar-refractivity contribution in [2.24, 2.45) is 0 Å². The minimum atomic E-state index is -5.36. The zero-order valence-electron chi connectivity index (χ0n) is 15.0. The first kappa shape index (κ1) is 24.4. The lowest BCUT2D eigenvalue weighted by atomic mass is 10.2. The molecule has 0 aliphatic rings. The molecule has 0 saturated heterocycles. The lowest BCUT2D eigenvalue weighted by molar-refractivity contribution is -0.581. The lowest BCUT2D eigenvalue weighted by Crippen LogP contribution is -2.64. The second-order valence-corrected chi connectivity index (χ2v) is 5.27. The van der Waals surface area contributed by atoms with Crippen LogP contribution in [0.4, 0.5) is 22.0 Å². The van der Waals surface area contributed by atoms with Gasteiger partial charge in [0, 0.05) is 7.11 Å². The molecule has 0 aromatic rings. The van der Waals surface area contributed by atoms with Crippen molar-refractivity contribution in [3.8, 4) is 0 Å². The molecule has 0 bridgehead atoms. The smallest absolute Gasteiger partial charge is 0.327 e. The van der Waals surface area contributed by atoms with Crippen molar-refractivity contribution in [3.63, 3.8) is 0 Å². The van der Waals surface area contributed by atoms with Gasteiger partial charge in [0.1, 0.15) is 0 Å². The first-order valence-corrected chi connectivity index (χ1v) is 7.62. The molecule has 0 amide bonds. The van der Waals surface area contributed by atoms with E-state index in [2.05, 4.69) is 14.2 Å². The fourth-order valence-electron chi connectivity index (χ4n) is 1.90. The SMILES string of the molecule is CCCOC(OC)(OC(C)C)C(C)(OC(F)(F)F)OC(F)(F)OCC. The molecule has 152 valence electrons. The van der Waals surface area contributed by atoms with Crippen molar-refractivity contribution in [3.05, 3.63) is 0 Å². The maximum Gasteiger partial charge on any atom is 0.525 e. The minimum absolute atomic E-state index is 0.180. The van der Waals surface area contributed by atoms with Gasteiger partial charge in [-0.2, -0.15) is 0 Å². The van der Waals surface area contributed by atoms with Gasteiger partial charge >= 0.3 is 18.6 Å². The highest BCUT2D eigenvalue weighted by Gasteiger charge is 2.64. The van der Waals surface area contributed by atoms with Crippen molar-refractivity contribution in [1.82, 2.24) is 0 Å². The third-order valence-corrected chi connectivity index (χ3v) is 2.65. The average Bonchev–Trinajstić information content (AvgIpc) is 2.39. The van der Waals surface area contributed by atoms with E-state index < -0.39 is 37.1 Å². The van der Waals surface area contributed by atoms with Gasteiger partial charge in [-0.3, -0.25) is 14.2 Å². The summed E-state index contributed by atoms with van der Waals surface area (Å²) in [4.78, 5) is 0. The number of hydrogen-bond acceptors (Lipinski definition) is 6. The fourth-order valence-corrected chi connectivity index (χ4v) is 1.90. The summed E-state index contributed by atoms with van der Waals surface area (Å²) in [5.41, 5.74) is 0. The molecule has 0 aliphatic heterocycles. The highest BCUT2D eigenvalue weighted by atomic mass is 19.4. The van der Waals surface area contributed by atoms with Gasteiger partial charge in [-0.05, 0) is 34.1 Å². The molecule has 6 nitrogen and oxygen atoms in total. The molecule has 25 heavy (non-hydrogen) atoms. The topological polar surface area (TPSA) is 55.4 Å². The highest BCUT2D eigenvalue weighted by Crippen LogP contribution is 2.42. The predicted molar refractivity (Wildman–Crippen MR) is 75.4 cm³/mol. The van der Waals surface area contributed by atoms with E-state index in [9.17, 15) is 22.0 Å². The van der Waals surface area contributed by atoms with Crippen LogP contribution in [0.2, 0.25) is 0 Å². The van der Waals surface area contributed by atoms with Crippen LogP contribution in [-0.2, 0) is 28.4 Å². The number of halogens is 5. The number of alkyl halides is 5. The van der Waals surface area contributed by atoms with Gasteiger partial charge < -0.3 is 14.2 Å². The molecule has 0 heterocycles. The van der Waals surface area contributed by atoms with E-state index in [1.165, 1.54) is 20.8 Å². The van der Waals surface area contributed by atoms with Crippen LogP contribution in [0.1, 0.15) is 41.0 Å². The Bertz CT molecular complexity index is 392. The molecular formula is C14H25F5O6. The summed E-state index contributed by atoms with van der Waals surface area (Å²) in [5.74, 6) is -5.99. The molecule has 0 rings (SSSR count). The Morgan fingerprint density at radius 3 is 1.84 bits per heavy atom. The van der Waals surface area contributed by atoms with E-state index in [4.69, 9.17) is 14.2 Å². The van der Waals surface area contributed by atoms with Crippen LogP contribution in [0.15, 0.2) is 0 Å². The summed E-state index contributed by atoms with van der Waals surface area (Å²) in [6.45, 7) is 5.59. The van der Waals surface area contributed by atoms with Gasteiger partial charge in [-0.15, -0.1) is 22.0 Å². The van der Waals surface area contributed by atoms with Crippen molar-refractivity contribution in [2.75, 3.05) is 20.3 Å². The van der Waals surface area contributed by atoms with E-state index >= 15 is 0 Å². The van der Waals surface area contributed by atoms with Crippen LogP contribution in [0.5, 0.6) is 0 Å². The molecular weight excluding hydrogens is 359 g/mol. The van der Waals surface area contributed by atoms with Gasteiger partial charge in [-0.25, -0.2) is 0 Å². The van der Waals surface area contributed by atoms with E-state index in [1.54, 1.807) is 6.92 Å². The van der Waals surface area contributed by atoms with Gasteiger partial charge in [0.2, 0.25) is 0 Å². The van der Waals surface area contributed by atoms with Gasteiger partial charge in [-0.1, -0.05) is 6.92 Å². The zero-order chi connectivity index (χ0) is 19.9.